The Balaban J connectivity index is 1.57. The van der Waals surface area contributed by atoms with Crippen LogP contribution >= 0.6 is 15.9 Å². The summed E-state index contributed by atoms with van der Waals surface area (Å²) in [7, 11) is 0. The van der Waals surface area contributed by atoms with Gasteiger partial charge in [0.25, 0.3) is 0 Å². The monoisotopic (exact) mass is 440 g/mol. The maximum absolute atomic E-state index is 13.8. The van der Waals surface area contributed by atoms with E-state index in [4.69, 9.17) is 0 Å². The van der Waals surface area contributed by atoms with Gasteiger partial charge in [-0.3, -0.25) is 0 Å². The van der Waals surface area contributed by atoms with Gasteiger partial charge in [-0.1, -0.05) is 52.3 Å². The van der Waals surface area contributed by atoms with Crippen molar-refractivity contribution < 1.29 is 8.78 Å². The van der Waals surface area contributed by atoms with Gasteiger partial charge in [0.2, 0.25) is 0 Å². The summed E-state index contributed by atoms with van der Waals surface area (Å²) in [5.74, 6) is -1.09. The van der Waals surface area contributed by atoms with E-state index in [2.05, 4.69) is 56.3 Å². The minimum absolute atomic E-state index is 0.339. The second-order valence-electron chi connectivity index (χ2n) is 6.77. The van der Waals surface area contributed by atoms with Crippen LogP contribution in [0.3, 0.4) is 0 Å². The van der Waals surface area contributed by atoms with E-state index in [1.54, 1.807) is 0 Å². The van der Waals surface area contributed by atoms with Gasteiger partial charge >= 0.3 is 0 Å². The molecule has 142 valence electrons. The number of nitrogens with zero attached hydrogens (tertiary/aromatic N) is 1. The van der Waals surface area contributed by atoms with Crippen LogP contribution in [-0.4, -0.2) is 4.57 Å². The van der Waals surface area contributed by atoms with Crippen molar-refractivity contribution in [3.05, 3.63) is 106 Å². The summed E-state index contributed by atoms with van der Waals surface area (Å²) in [4.78, 5) is 0. The molecule has 0 saturated carbocycles. The van der Waals surface area contributed by atoms with Crippen molar-refractivity contribution in [2.45, 2.75) is 19.6 Å². The lowest BCUT2D eigenvalue weighted by molar-refractivity contribution is 0.560. The van der Waals surface area contributed by atoms with Crippen molar-refractivity contribution in [2.24, 2.45) is 0 Å². The summed E-state index contributed by atoms with van der Waals surface area (Å²) >= 11 is 3.55. The highest BCUT2D eigenvalue weighted by Crippen LogP contribution is 2.26. The number of rotatable bonds is 6. The first-order valence-electron chi connectivity index (χ1n) is 9.06. The lowest BCUT2D eigenvalue weighted by Gasteiger charge is -2.06. The molecule has 3 aromatic carbocycles. The zero-order chi connectivity index (χ0) is 19.5. The van der Waals surface area contributed by atoms with Crippen LogP contribution in [0.4, 0.5) is 8.78 Å². The van der Waals surface area contributed by atoms with Gasteiger partial charge in [0.1, 0.15) is 11.6 Å². The first kappa shape index (κ1) is 18.8. The summed E-state index contributed by atoms with van der Waals surface area (Å²) in [6, 6.07) is 20.2. The van der Waals surface area contributed by atoms with Crippen LogP contribution < -0.4 is 5.32 Å². The Kier molecular flexibility index (Phi) is 5.55. The van der Waals surface area contributed by atoms with Crippen molar-refractivity contribution >= 4 is 26.8 Å². The van der Waals surface area contributed by atoms with E-state index in [0.29, 0.717) is 18.7 Å². The minimum atomic E-state index is -0.560. The highest BCUT2D eigenvalue weighted by molar-refractivity contribution is 9.10. The van der Waals surface area contributed by atoms with Gasteiger partial charge in [-0.15, -0.1) is 0 Å². The minimum Gasteiger partial charge on any atom is -0.343 e. The molecular weight excluding hydrogens is 422 g/mol. The highest BCUT2D eigenvalue weighted by atomic mass is 79.9. The van der Waals surface area contributed by atoms with Crippen molar-refractivity contribution in [1.82, 2.24) is 9.88 Å². The third-order valence-corrected chi connectivity index (χ3v) is 5.26. The Bertz CT molecular complexity index is 1110. The Hall–Kier alpha value is -2.50. The molecule has 0 aliphatic rings. The molecule has 2 nitrogen and oxygen atoms in total. The lowest BCUT2D eigenvalue weighted by atomic mass is 10.1. The Morgan fingerprint density at radius 2 is 1.64 bits per heavy atom. The summed E-state index contributed by atoms with van der Waals surface area (Å²) in [5.41, 5.74) is 3.97. The Morgan fingerprint density at radius 3 is 2.43 bits per heavy atom. The van der Waals surface area contributed by atoms with Gasteiger partial charge in [0.15, 0.2) is 0 Å². The normalized spacial score (nSPS) is 11.2. The first-order chi connectivity index (χ1) is 13.6. The topological polar surface area (TPSA) is 17.0 Å². The van der Waals surface area contributed by atoms with Gasteiger partial charge in [-0.25, -0.2) is 8.78 Å². The van der Waals surface area contributed by atoms with E-state index >= 15 is 0 Å². The molecule has 0 unspecified atom stereocenters. The van der Waals surface area contributed by atoms with Gasteiger partial charge in [-0.05, 0) is 35.4 Å². The maximum atomic E-state index is 13.8. The summed E-state index contributed by atoms with van der Waals surface area (Å²) < 4.78 is 30.1. The number of benzene rings is 3. The predicted octanol–water partition coefficient (Wildman–Crippen LogP) is 6.02. The third-order valence-electron chi connectivity index (χ3n) is 4.77. The molecule has 0 atom stereocenters. The van der Waals surface area contributed by atoms with Gasteiger partial charge in [0.05, 0.1) is 0 Å². The highest BCUT2D eigenvalue weighted by Gasteiger charge is 2.10. The van der Waals surface area contributed by atoms with Crippen LogP contribution in [0.2, 0.25) is 0 Å². The number of nitrogens with one attached hydrogen (secondary N) is 1. The lowest BCUT2D eigenvalue weighted by Crippen LogP contribution is -2.13. The van der Waals surface area contributed by atoms with Crippen LogP contribution in [0.5, 0.6) is 0 Å². The molecule has 1 N–H and O–H groups in total. The molecule has 0 fully saturated rings. The van der Waals surface area contributed by atoms with Crippen molar-refractivity contribution in [3.8, 4) is 0 Å². The van der Waals surface area contributed by atoms with Crippen molar-refractivity contribution in [2.75, 3.05) is 0 Å². The Morgan fingerprint density at radius 1 is 0.857 bits per heavy atom. The van der Waals surface area contributed by atoms with Gasteiger partial charge < -0.3 is 9.88 Å². The van der Waals surface area contributed by atoms with Gasteiger partial charge in [-0.2, -0.15) is 0 Å². The Labute approximate surface area is 170 Å². The molecule has 0 saturated heterocycles. The number of hydrogen-bond acceptors (Lipinski definition) is 1. The summed E-state index contributed by atoms with van der Waals surface area (Å²) in [6.45, 7) is 1.71. The summed E-state index contributed by atoms with van der Waals surface area (Å²) in [6.07, 6.45) is 2.14. The smallest absolute Gasteiger partial charge is 0.130 e. The quantitative estimate of drug-likeness (QED) is 0.387. The number of halogens is 3. The molecular formula is C23H19BrF2N2. The van der Waals surface area contributed by atoms with E-state index in [-0.39, 0.29) is 0 Å². The van der Waals surface area contributed by atoms with E-state index in [1.165, 1.54) is 17.7 Å². The molecule has 0 radical (unpaired) electrons. The second kappa shape index (κ2) is 8.25. The van der Waals surface area contributed by atoms with Crippen LogP contribution in [0, 0.1) is 11.6 Å². The molecule has 0 aliphatic heterocycles. The fraction of sp³-hybridized carbons (Fsp3) is 0.130. The zero-order valence-electron chi connectivity index (χ0n) is 15.1. The van der Waals surface area contributed by atoms with Crippen LogP contribution in [-0.2, 0) is 19.6 Å². The average Bonchev–Trinajstić information content (AvgIpc) is 3.01. The molecule has 0 aliphatic carbocycles. The molecule has 4 rings (SSSR count). The average molecular weight is 441 g/mol. The predicted molar refractivity (Wildman–Crippen MR) is 112 cm³/mol. The van der Waals surface area contributed by atoms with E-state index < -0.39 is 11.6 Å². The maximum Gasteiger partial charge on any atom is 0.130 e. The van der Waals surface area contributed by atoms with Crippen LogP contribution in [0.1, 0.15) is 16.7 Å². The standard InChI is InChI=1S/C23H19BrF2N2/c24-19-7-9-23-21(10-19)18(15-28(23)14-16-4-2-1-3-5-16)13-27-12-17-6-8-20(25)11-22(17)26/h1-11,15,27H,12-14H2. The fourth-order valence-corrected chi connectivity index (χ4v) is 3.75. The number of hydrogen-bond donors (Lipinski definition) is 1. The van der Waals surface area contributed by atoms with Crippen molar-refractivity contribution in [3.63, 3.8) is 0 Å². The largest absolute Gasteiger partial charge is 0.343 e. The molecule has 0 bridgehead atoms. The first-order valence-corrected chi connectivity index (χ1v) is 9.85. The summed E-state index contributed by atoms with van der Waals surface area (Å²) in [5, 5.41) is 4.43. The molecule has 4 aromatic rings. The zero-order valence-corrected chi connectivity index (χ0v) is 16.7. The molecule has 0 amide bonds. The molecule has 0 spiro atoms. The van der Waals surface area contributed by atoms with E-state index in [1.807, 2.05) is 24.3 Å². The van der Waals surface area contributed by atoms with Crippen LogP contribution in [0.25, 0.3) is 10.9 Å². The fourth-order valence-electron chi connectivity index (χ4n) is 3.39. The molecule has 1 aromatic heterocycles. The van der Waals surface area contributed by atoms with E-state index in [0.717, 1.165) is 33.6 Å². The second-order valence-corrected chi connectivity index (χ2v) is 7.68. The van der Waals surface area contributed by atoms with Crippen molar-refractivity contribution in [1.29, 1.82) is 0 Å². The molecule has 1 heterocycles. The van der Waals surface area contributed by atoms with Gasteiger partial charge in [0, 0.05) is 52.8 Å². The molecule has 5 heteroatoms. The number of aromatic nitrogens is 1. The van der Waals surface area contributed by atoms with Crippen LogP contribution in [0.15, 0.2) is 77.4 Å². The molecule has 28 heavy (non-hydrogen) atoms. The number of fused-ring (bicyclic) bond motifs is 1. The SMILES string of the molecule is Fc1ccc(CNCc2cn(Cc3ccccc3)c3ccc(Br)cc23)c(F)c1. The van der Waals surface area contributed by atoms with E-state index in [9.17, 15) is 8.78 Å². The third kappa shape index (κ3) is 4.16.